The number of aromatic nitrogens is 2. The van der Waals surface area contributed by atoms with Crippen molar-refractivity contribution in [1.82, 2.24) is 9.36 Å². The number of esters is 1. The summed E-state index contributed by atoms with van der Waals surface area (Å²) in [6.07, 6.45) is 2.24. The lowest BCUT2D eigenvalue weighted by Crippen LogP contribution is -2.22. The third-order valence-electron chi connectivity index (χ3n) is 5.35. The molecule has 0 aliphatic heterocycles. The molecule has 0 saturated heterocycles. The molecule has 0 bridgehead atoms. The lowest BCUT2D eigenvalue weighted by Gasteiger charge is -2.11. The van der Waals surface area contributed by atoms with E-state index in [2.05, 4.69) is 6.92 Å². The van der Waals surface area contributed by atoms with Gasteiger partial charge in [-0.05, 0) is 29.2 Å². The molecule has 1 N–H and O–H groups in total. The van der Waals surface area contributed by atoms with E-state index in [9.17, 15) is 14.7 Å². The van der Waals surface area contributed by atoms with Crippen molar-refractivity contribution in [1.29, 1.82) is 0 Å². The fraction of sp³-hybridized carbons (Fsp3) is 0.333. The van der Waals surface area contributed by atoms with E-state index in [-0.39, 0.29) is 18.1 Å². The Kier molecular flexibility index (Phi) is 6.90. The van der Waals surface area contributed by atoms with Gasteiger partial charge in [-0.2, -0.15) is 0 Å². The molecule has 0 atom stereocenters. The van der Waals surface area contributed by atoms with Crippen molar-refractivity contribution in [2.45, 2.75) is 32.7 Å². The van der Waals surface area contributed by atoms with Crippen LogP contribution in [0.1, 0.15) is 40.5 Å². The van der Waals surface area contributed by atoms with Crippen molar-refractivity contribution in [2.75, 3.05) is 13.7 Å². The van der Waals surface area contributed by atoms with Crippen LogP contribution < -0.4 is 5.56 Å². The van der Waals surface area contributed by atoms with Crippen LogP contribution in [0.2, 0.25) is 0 Å². The summed E-state index contributed by atoms with van der Waals surface area (Å²) in [6.45, 7) is 2.48. The van der Waals surface area contributed by atoms with Crippen LogP contribution in [-0.2, 0) is 31.2 Å². The first-order valence-electron chi connectivity index (χ1n) is 10.2. The summed E-state index contributed by atoms with van der Waals surface area (Å²) in [7, 11) is 3.12. The Hall–Kier alpha value is -3.12. The number of rotatable bonds is 8. The van der Waals surface area contributed by atoms with E-state index in [4.69, 9.17) is 4.74 Å². The zero-order valence-corrected chi connectivity index (χ0v) is 17.7. The number of ether oxygens (including phenoxy) is 1. The van der Waals surface area contributed by atoms with Gasteiger partial charge < -0.3 is 9.84 Å². The van der Waals surface area contributed by atoms with E-state index in [1.807, 2.05) is 47.1 Å². The van der Waals surface area contributed by atoms with Crippen LogP contribution >= 0.6 is 0 Å². The van der Waals surface area contributed by atoms with Crippen LogP contribution in [0.25, 0.3) is 11.1 Å². The normalized spacial score (nSPS) is 10.9. The predicted octanol–water partition coefficient (Wildman–Crippen LogP) is 3.18. The third kappa shape index (κ3) is 4.24. The monoisotopic (exact) mass is 408 g/mol. The highest BCUT2D eigenvalue weighted by Gasteiger charge is 2.18. The maximum absolute atomic E-state index is 12.8. The van der Waals surface area contributed by atoms with Gasteiger partial charge in [0.2, 0.25) is 0 Å². The summed E-state index contributed by atoms with van der Waals surface area (Å²) >= 11 is 0. The SMILES string of the molecule is CCCc1c(Cc2ccc(-c3ccccc3C(=O)OC)cc2)c(=O)n(C)n1CCO. The van der Waals surface area contributed by atoms with E-state index in [0.29, 0.717) is 18.5 Å². The molecule has 0 fully saturated rings. The first-order valence-corrected chi connectivity index (χ1v) is 10.2. The first-order chi connectivity index (χ1) is 14.5. The fourth-order valence-electron chi connectivity index (χ4n) is 3.87. The maximum atomic E-state index is 12.8. The Bertz CT molecular complexity index is 1080. The molecule has 158 valence electrons. The van der Waals surface area contributed by atoms with Gasteiger partial charge in [0.15, 0.2) is 0 Å². The zero-order valence-electron chi connectivity index (χ0n) is 17.7. The minimum atomic E-state index is -0.368. The molecule has 2 aromatic carbocycles. The van der Waals surface area contributed by atoms with E-state index in [1.54, 1.807) is 17.8 Å². The average molecular weight is 408 g/mol. The molecule has 0 aliphatic rings. The van der Waals surface area contributed by atoms with Gasteiger partial charge in [-0.1, -0.05) is 55.8 Å². The molecule has 0 unspecified atom stereocenters. The number of methoxy groups -OCH3 is 1. The van der Waals surface area contributed by atoms with Crippen molar-refractivity contribution < 1.29 is 14.6 Å². The zero-order chi connectivity index (χ0) is 21.7. The molecule has 0 spiro atoms. The van der Waals surface area contributed by atoms with Crippen molar-refractivity contribution in [2.24, 2.45) is 7.05 Å². The molecule has 1 heterocycles. The molecule has 0 aliphatic carbocycles. The second-order valence-electron chi connectivity index (χ2n) is 7.26. The number of aliphatic hydroxyl groups excluding tert-OH is 1. The van der Waals surface area contributed by atoms with Gasteiger partial charge in [0.1, 0.15) is 0 Å². The molecule has 6 nitrogen and oxygen atoms in total. The number of aliphatic hydroxyl groups is 1. The Morgan fingerprint density at radius 1 is 1.10 bits per heavy atom. The summed E-state index contributed by atoms with van der Waals surface area (Å²) in [5, 5.41) is 9.38. The number of hydrogen-bond donors (Lipinski definition) is 1. The lowest BCUT2D eigenvalue weighted by atomic mass is 9.97. The van der Waals surface area contributed by atoms with Crippen LogP contribution in [0.3, 0.4) is 0 Å². The summed E-state index contributed by atoms with van der Waals surface area (Å²) in [6, 6.07) is 15.2. The largest absolute Gasteiger partial charge is 0.465 e. The Morgan fingerprint density at radius 3 is 2.43 bits per heavy atom. The number of nitrogens with zero attached hydrogens (tertiary/aromatic N) is 2. The van der Waals surface area contributed by atoms with Crippen LogP contribution in [0.4, 0.5) is 0 Å². The highest BCUT2D eigenvalue weighted by molar-refractivity contribution is 5.97. The number of hydrogen-bond acceptors (Lipinski definition) is 4. The molecule has 0 amide bonds. The summed E-state index contributed by atoms with van der Waals surface area (Å²) in [5.41, 5.74) is 5.01. The van der Waals surface area contributed by atoms with Crippen molar-refractivity contribution in [3.63, 3.8) is 0 Å². The third-order valence-corrected chi connectivity index (χ3v) is 5.35. The lowest BCUT2D eigenvalue weighted by molar-refractivity contribution is 0.0601. The molecular formula is C24H28N2O4. The molecule has 1 aromatic heterocycles. The van der Waals surface area contributed by atoms with Crippen LogP contribution in [0.15, 0.2) is 53.3 Å². The fourth-order valence-corrected chi connectivity index (χ4v) is 3.87. The highest BCUT2D eigenvalue weighted by atomic mass is 16.5. The van der Waals surface area contributed by atoms with E-state index >= 15 is 0 Å². The van der Waals surface area contributed by atoms with Gasteiger partial charge in [-0.3, -0.25) is 14.2 Å². The topological polar surface area (TPSA) is 73.5 Å². The maximum Gasteiger partial charge on any atom is 0.338 e. The highest BCUT2D eigenvalue weighted by Crippen LogP contribution is 2.25. The van der Waals surface area contributed by atoms with Crippen molar-refractivity contribution in [3.8, 4) is 11.1 Å². The van der Waals surface area contributed by atoms with Crippen LogP contribution in [0, 0.1) is 0 Å². The predicted molar refractivity (Wildman–Crippen MR) is 117 cm³/mol. The second kappa shape index (κ2) is 9.59. The second-order valence-corrected chi connectivity index (χ2v) is 7.26. The van der Waals surface area contributed by atoms with Crippen molar-refractivity contribution in [3.05, 3.63) is 81.3 Å². The first kappa shape index (κ1) is 21.6. The van der Waals surface area contributed by atoms with Gasteiger partial charge in [-0.25, -0.2) is 4.79 Å². The quantitative estimate of drug-likeness (QED) is 0.581. The van der Waals surface area contributed by atoms with Crippen molar-refractivity contribution >= 4 is 5.97 Å². The summed E-state index contributed by atoms with van der Waals surface area (Å²) in [4.78, 5) is 24.9. The standard InChI is InChI=1S/C24H28N2O4/c1-4-7-22-21(23(28)25(2)26(22)14-15-27)16-17-10-12-18(13-11-17)19-8-5-6-9-20(19)24(29)30-3/h5-6,8-13,27H,4,7,14-16H2,1-3H3. The van der Waals surface area contributed by atoms with E-state index in [0.717, 1.165) is 40.8 Å². The molecule has 6 heteroatoms. The van der Waals surface area contributed by atoms with E-state index in [1.165, 1.54) is 7.11 Å². The number of carbonyl (C=O) groups excluding carboxylic acids is 1. The smallest absolute Gasteiger partial charge is 0.338 e. The van der Waals surface area contributed by atoms with Crippen LogP contribution in [-0.4, -0.2) is 34.2 Å². The summed E-state index contributed by atoms with van der Waals surface area (Å²) in [5.74, 6) is -0.368. The summed E-state index contributed by atoms with van der Waals surface area (Å²) < 4.78 is 8.36. The molecule has 0 radical (unpaired) electrons. The van der Waals surface area contributed by atoms with Gasteiger partial charge >= 0.3 is 5.97 Å². The number of benzene rings is 2. The molecule has 3 rings (SSSR count). The molecule has 0 saturated carbocycles. The Balaban J connectivity index is 1.94. The number of carbonyl (C=O) groups is 1. The Labute approximate surface area is 176 Å². The van der Waals surface area contributed by atoms with Gasteiger partial charge in [0, 0.05) is 24.7 Å². The van der Waals surface area contributed by atoms with Gasteiger partial charge in [-0.15, -0.1) is 0 Å². The average Bonchev–Trinajstić information content (AvgIpc) is 2.99. The van der Waals surface area contributed by atoms with Crippen LogP contribution in [0.5, 0.6) is 0 Å². The minimum Gasteiger partial charge on any atom is -0.465 e. The molecule has 30 heavy (non-hydrogen) atoms. The Morgan fingerprint density at radius 2 is 1.80 bits per heavy atom. The molecular weight excluding hydrogens is 380 g/mol. The van der Waals surface area contributed by atoms with E-state index < -0.39 is 0 Å². The van der Waals surface area contributed by atoms with Gasteiger partial charge in [0.25, 0.3) is 5.56 Å². The van der Waals surface area contributed by atoms with Gasteiger partial charge in [0.05, 0.1) is 25.8 Å². The minimum absolute atomic E-state index is 0.00753. The molecule has 3 aromatic rings.